The van der Waals surface area contributed by atoms with Crippen LogP contribution in [0.2, 0.25) is 0 Å². The zero-order valence-corrected chi connectivity index (χ0v) is 15.6. The van der Waals surface area contributed by atoms with E-state index in [4.69, 9.17) is 0 Å². The lowest BCUT2D eigenvalue weighted by molar-refractivity contribution is -0.142. The zero-order valence-electron chi connectivity index (χ0n) is 15.6. The van der Waals surface area contributed by atoms with Crippen molar-refractivity contribution in [3.63, 3.8) is 0 Å². The molecule has 0 spiro atoms. The highest BCUT2D eigenvalue weighted by Crippen LogP contribution is 2.13. The van der Waals surface area contributed by atoms with E-state index in [-0.39, 0.29) is 30.5 Å². The summed E-state index contributed by atoms with van der Waals surface area (Å²) in [5.41, 5.74) is 1.50. The molecule has 7 nitrogen and oxygen atoms in total. The zero-order chi connectivity index (χ0) is 19.3. The van der Waals surface area contributed by atoms with Gasteiger partial charge in [0.2, 0.25) is 5.91 Å². The molecule has 1 atom stereocenters. The van der Waals surface area contributed by atoms with Gasteiger partial charge in [0, 0.05) is 19.5 Å². The number of fused-ring (bicyclic) bond motifs is 1. The van der Waals surface area contributed by atoms with Gasteiger partial charge in [-0.2, -0.15) is 0 Å². The van der Waals surface area contributed by atoms with Crippen molar-refractivity contribution in [1.82, 2.24) is 14.5 Å². The van der Waals surface area contributed by atoms with Crippen LogP contribution < -0.4 is 11.0 Å². The third-order valence-corrected chi connectivity index (χ3v) is 4.28. The highest BCUT2D eigenvalue weighted by molar-refractivity contribution is 5.83. The van der Waals surface area contributed by atoms with Crippen LogP contribution in [0.4, 0.5) is 0 Å². The second-order valence-electron chi connectivity index (χ2n) is 6.91. The van der Waals surface area contributed by atoms with Crippen LogP contribution in [0.5, 0.6) is 0 Å². The summed E-state index contributed by atoms with van der Waals surface area (Å²) in [6.45, 7) is 6.66. The lowest BCUT2D eigenvalue weighted by Gasteiger charge is -2.16. The molecule has 0 aliphatic rings. The third-order valence-electron chi connectivity index (χ3n) is 4.28. The van der Waals surface area contributed by atoms with E-state index < -0.39 is 12.0 Å². The second-order valence-corrected chi connectivity index (χ2v) is 6.91. The predicted octanol–water partition coefficient (Wildman–Crippen LogP) is 2.22. The molecule has 7 heteroatoms. The van der Waals surface area contributed by atoms with Gasteiger partial charge >= 0.3 is 11.7 Å². The van der Waals surface area contributed by atoms with Crippen molar-refractivity contribution in [1.29, 1.82) is 0 Å². The van der Waals surface area contributed by atoms with Gasteiger partial charge in [0.05, 0.1) is 11.0 Å². The van der Waals surface area contributed by atoms with Crippen LogP contribution in [-0.4, -0.2) is 32.2 Å². The summed E-state index contributed by atoms with van der Waals surface area (Å²) < 4.78 is 3.30. The Balaban J connectivity index is 2.14. The molecule has 1 amide bonds. The molecule has 2 rings (SSSR count). The summed E-state index contributed by atoms with van der Waals surface area (Å²) in [5.74, 6) is -1.24. The summed E-state index contributed by atoms with van der Waals surface area (Å²) in [6, 6.07) is 6.60. The number of hydrogen-bond acceptors (Lipinski definition) is 3. The standard InChI is InChI=1S/C19H27N3O4/c1-4-10-21-15-7-5-6-8-16(15)22(19(21)26)11-9-17(23)20-14(18(24)25)12-13(2)3/h5-8,13-14H,4,9-12H2,1-3H3,(H,20,23)(H,24,25)/t14-/m0/s1. The average Bonchev–Trinajstić information content (AvgIpc) is 2.84. The van der Waals surface area contributed by atoms with E-state index in [2.05, 4.69) is 5.32 Å². The molecule has 0 aliphatic carbocycles. The number of rotatable bonds is 9. The number of carbonyl (C=O) groups excluding carboxylic acids is 1. The largest absolute Gasteiger partial charge is 0.480 e. The fraction of sp³-hybridized carbons (Fsp3) is 0.526. The average molecular weight is 361 g/mol. The summed E-state index contributed by atoms with van der Waals surface area (Å²) in [5, 5.41) is 11.8. The quantitative estimate of drug-likeness (QED) is 0.716. The maximum Gasteiger partial charge on any atom is 0.329 e. The van der Waals surface area contributed by atoms with Crippen LogP contribution in [-0.2, 0) is 22.7 Å². The lowest BCUT2D eigenvalue weighted by atomic mass is 10.0. The lowest BCUT2D eigenvalue weighted by Crippen LogP contribution is -2.42. The molecule has 0 fully saturated rings. The van der Waals surface area contributed by atoms with Crippen LogP contribution in [0.3, 0.4) is 0 Å². The van der Waals surface area contributed by atoms with Gasteiger partial charge in [-0.15, -0.1) is 0 Å². The summed E-state index contributed by atoms with van der Waals surface area (Å²) in [6.07, 6.45) is 1.27. The van der Waals surface area contributed by atoms with E-state index >= 15 is 0 Å². The van der Waals surface area contributed by atoms with Crippen molar-refractivity contribution < 1.29 is 14.7 Å². The molecule has 0 bridgehead atoms. The number of carbonyl (C=O) groups is 2. The van der Waals surface area contributed by atoms with E-state index in [1.807, 2.05) is 45.0 Å². The van der Waals surface area contributed by atoms with Gasteiger partial charge in [-0.05, 0) is 30.9 Å². The number of para-hydroxylation sites is 2. The van der Waals surface area contributed by atoms with Gasteiger partial charge in [0.1, 0.15) is 6.04 Å². The Hall–Kier alpha value is -2.57. The minimum Gasteiger partial charge on any atom is -0.480 e. The van der Waals surface area contributed by atoms with Crippen molar-refractivity contribution in [2.24, 2.45) is 5.92 Å². The molecule has 1 aromatic carbocycles. The Morgan fingerprint density at radius 3 is 2.19 bits per heavy atom. The minimum absolute atomic E-state index is 0.0575. The van der Waals surface area contributed by atoms with Crippen molar-refractivity contribution in [3.05, 3.63) is 34.7 Å². The number of aliphatic carboxylic acids is 1. The van der Waals surface area contributed by atoms with E-state index in [1.165, 1.54) is 0 Å². The van der Waals surface area contributed by atoms with Crippen molar-refractivity contribution in [2.75, 3.05) is 0 Å². The third kappa shape index (κ3) is 4.53. The number of amides is 1. The van der Waals surface area contributed by atoms with E-state index in [1.54, 1.807) is 9.13 Å². The number of nitrogens with zero attached hydrogens (tertiary/aromatic N) is 2. The Bertz CT molecular complexity index is 835. The first-order chi connectivity index (χ1) is 12.3. The molecular weight excluding hydrogens is 334 g/mol. The fourth-order valence-electron chi connectivity index (χ4n) is 3.10. The number of benzene rings is 1. The second kappa shape index (κ2) is 8.69. The molecule has 0 saturated heterocycles. The van der Waals surface area contributed by atoms with Crippen LogP contribution in [0.25, 0.3) is 11.0 Å². The van der Waals surface area contributed by atoms with Crippen molar-refractivity contribution in [2.45, 2.75) is 59.2 Å². The van der Waals surface area contributed by atoms with Gasteiger partial charge < -0.3 is 10.4 Å². The maximum atomic E-state index is 12.7. The summed E-state index contributed by atoms with van der Waals surface area (Å²) in [7, 11) is 0. The summed E-state index contributed by atoms with van der Waals surface area (Å²) >= 11 is 0. The number of carboxylic acids is 1. The SMILES string of the molecule is CCCn1c(=O)n(CCC(=O)N[C@@H](CC(C)C)C(=O)O)c2ccccc21. The van der Waals surface area contributed by atoms with Crippen LogP contribution >= 0.6 is 0 Å². The maximum absolute atomic E-state index is 12.7. The first kappa shape index (κ1) is 19.8. The first-order valence-electron chi connectivity index (χ1n) is 9.05. The number of aromatic nitrogens is 2. The topological polar surface area (TPSA) is 93.3 Å². The summed E-state index contributed by atoms with van der Waals surface area (Å²) in [4.78, 5) is 36.1. The monoisotopic (exact) mass is 361 g/mol. The molecule has 1 aromatic heterocycles. The normalized spacial score (nSPS) is 12.5. The Labute approximate surface area is 152 Å². The van der Waals surface area contributed by atoms with Crippen molar-refractivity contribution >= 4 is 22.9 Å². The fourth-order valence-corrected chi connectivity index (χ4v) is 3.10. The molecule has 0 saturated carbocycles. The van der Waals surface area contributed by atoms with Crippen LogP contribution in [0, 0.1) is 5.92 Å². The number of imidazole rings is 1. The smallest absolute Gasteiger partial charge is 0.329 e. The molecule has 0 unspecified atom stereocenters. The molecule has 26 heavy (non-hydrogen) atoms. The van der Waals surface area contributed by atoms with Crippen molar-refractivity contribution in [3.8, 4) is 0 Å². The van der Waals surface area contributed by atoms with Crippen LogP contribution in [0.15, 0.2) is 29.1 Å². The van der Waals surface area contributed by atoms with Gasteiger partial charge in [0.15, 0.2) is 0 Å². The Kier molecular flexibility index (Phi) is 6.60. The molecule has 142 valence electrons. The van der Waals surface area contributed by atoms with E-state index in [9.17, 15) is 19.5 Å². The Morgan fingerprint density at radius 2 is 1.69 bits per heavy atom. The van der Waals surface area contributed by atoms with Gasteiger partial charge in [0.25, 0.3) is 0 Å². The molecule has 2 N–H and O–H groups in total. The highest BCUT2D eigenvalue weighted by Gasteiger charge is 2.21. The van der Waals surface area contributed by atoms with E-state index in [0.717, 1.165) is 17.5 Å². The van der Waals surface area contributed by atoms with Gasteiger partial charge in [-0.3, -0.25) is 13.9 Å². The highest BCUT2D eigenvalue weighted by atomic mass is 16.4. The van der Waals surface area contributed by atoms with Crippen LogP contribution in [0.1, 0.15) is 40.0 Å². The molecule has 0 radical (unpaired) electrons. The van der Waals surface area contributed by atoms with Gasteiger partial charge in [-0.25, -0.2) is 9.59 Å². The predicted molar refractivity (Wildman–Crippen MR) is 100 cm³/mol. The number of nitrogens with one attached hydrogen (secondary N) is 1. The molecule has 2 aromatic rings. The van der Waals surface area contributed by atoms with E-state index in [0.29, 0.717) is 13.0 Å². The number of hydrogen-bond donors (Lipinski definition) is 2. The molecule has 1 heterocycles. The molecule has 0 aliphatic heterocycles. The van der Waals surface area contributed by atoms with Gasteiger partial charge in [-0.1, -0.05) is 32.9 Å². The number of carboxylic acid groups (broad SMARTS) is 1. The Morgan fingerprint density at radius 1 is 1.12 bits per heavy atom. The first-order valence-corrected chi connectivity index (χ1v) is 9.05. The molecular formula is C19H27N3O4. The number of aryl methyl sites for hydroxylation is 2. The minimum atomic E-state index is -1.04.